The maximum Gasteiger partial charge on any atom is 0.332 e. The van der Waals surface area contributed by atoms with Gasteiger partial charge in [-0.2, -0.15) is 5.10 Å². The molecule has 5 heteroatoms. The van der Waals surface area contributed by atoms with E-state index in [2.05, 4.69) is 10.5 Å². The number of hydrogen-bond acceptors (Lipinski definition) is 2. The Kier molecular flexibility index (Phi) is 3.76. The predicted octanol–water partition coefficient (Wildman–Crippen LogP) is 1.71. The second-order valence-corrected chi connectivity index (χ2v) is 3.33. The summed E-state index contributed by atoms with van der Waals surface area (Å²) in [4.78, 5) is 10.3. The minimum absolute atomic E-state index is 0.663. The van der Waals surface area contributed by atoms with Crippen LogP contribution in [0.5, 0.6) is 0 Å². The van der Waals surface area contributed by atoms with Crippen LogP contribution in [0.2, 0.25) is 0 Å². The Morgan fingerprint density at radius 2 is 2.23 bits per heavy atom. The number of rotatable bonds is 2. The van der Waals surface area contributed by atoms with Gasteiger partial charge in [-0.1, -0.05) is 11.6 Å². The van der Waals surface area contributed by atoms with Gasteiger partial charge < -0.3 is 5.73 Å². The Morgan fingerprint density at radius 3 is 2.85 bits per heavy atom. The van der Waals surface area contributed by atoms with Gasteiger partial charge in [-0.25, -0.2) is 10.2 Å². The topological polar surface area (TPSA) is 67.5 Å². The third-order valence-electron chi connectivity index (χ3n) is 1.84. The van der Waals surface area contributed by atoms with Crippen LogP contribution in [0, 0.1) is 0 Å². The summed E-state index contributed by atoms with van der Waals surface area (Å²) in [6.45, 7) is 0. The fraction of sp³-hybridized carbons (Fsp3) is 0.500. The van der Waals surface area contributed by atoms with Gasteiger partial charge in [-0.05, 0) is 31.3 Å². The SMILES string of the molecule is NC(=O)N/N=C/C1=C(Cl)CCCC1. The van der Waals surface area contributed by atoms with Crippen molar-refractivity contribution < 1.29 is 4.79 Å². The zero-order valence-corrected chi connectivity index (χ0v) is 7.97. The van der Waals surface area contributed by atoms with E-state index in [-0.39, 0.29) is 0 Å². The van der Waals surface area contributed by atoms with Crippen molar-refractivity contribution >= 4 is 23.8 Å². The van der Waals surface area contributed by atoms with Crippen LogP contribution in [-0.2, 0) is 0 Å². The minimum Gasteiger partial charge on any atom is -0.350 e. The predicted molar refractivity (Wildman–Crippen MR) is 52.6 cm³/mol. The number of hydrogen-bond donors (Lipinski definition) is 2. The first-order chi connectivity index (χ1) is 6.20. The highest BCUT2D eigenvalue weighted by Gasteiger charge is 2.08. The van der Waals surface area contributed by atoms with Gasteiger partial charge in [0.2, 0.25) is 0 Å². The molecular weight excluding hydrogens is 190 g/mol. The van der Waals surface area contributed by atoms with Gasteiger partial charge in [0.05, 0.1) is 6.21 Å². The fourth-order valence-electron chi connectivity index (χ4n) is 1.20. The lowest BCUT2D eigenvalue weighted by atomic mass is 10.0. The van der Waals surface area contributed by atoms with Crippen LogP contribution >= 0.6 is 11.6 Å². The number of carbonyl (C=O) groups excluding carboxylic acids is 1. The molecule has 0 spiro atoms. The number of carbonyl (C=O) groups is 1. The van der Waals surface area contributed by atoms with E-state index in [0.717, 1.165) is 36.3 Å². The van der Waals surface area contributed by atoms with E-state index in [1.165, 1.54) is 0 Å². The van der Waals surface area contributed by atoms with Crippen LogP contribution < -0.4 is 11.2 Å². The zero-order chi connectivity index (χ0) is 9.68. The quantitative estimate of drug-likeness (QED) is 0.518. The third-order valence-corrected chi connectivity index (χ3v) is 2.27. The standard InChI is InChI=1S/C8H12ClN3O/c9-7-4-2-1-3-6(7)5-11-12-8(10)13/h5H,1-4H2,(H3,10,12,13)/b11-5+. The summed E-state index contributed by atoms with van der Waals surface area (Å²) < 4.78 is 0. The maximum absolute atomic E-state index is 10.3. The summed E-state index contributed by atoms with van der Waals surface area (Å²) in [5, 5.41) is 4.49. The molecule has 0 radical (unpaired) electrons. The molecule has 0 unspecified atom stereocenters. The number of nitrogens with one attached hydrogen (secondary N) is 1. The zero-order valence-electron chi connectivity index (χ0n) is 7.22. The minimum atomic E-state index is -0.663. The summed E-state index contributed by atoms with van der Waals surface area (Å²) in [5.74, 6) is 0. The Morgan fingerprint density at radius 1 is 1.54 bits per heavy atom. The Balaban J connectivity index is 2.51. The van der Waals surface area contributed by atoms with Crippen molar-refractivity contribution in [3.63, 3.8) is 0 Å². The molecule has 13 heavy (non-hydrogen) atoms. The average Bonchev–Trinajstić information content (AvgIpc) is 2.08. The van der Waals surface area contributed by atoms with Gasteiger partial charge in [-0.15, -0.1) is 0 Å². The molecule has 0 fully saturated rings. The summed E-state index contributed by atoms with van der Waals surface area (Å²) in [7, 11) is 0. The van der Waals surface area contributed by atoms with Crippen LogP contribution in [0.3, 0.4) is 0 Å². The molecular formula is C8H12ClN3O. The van der Waals surface area contributed by atoms with E-state index in [4.69, 9.17) is 17.3 Å². The van der Waals surface area contributed by atoms with E-state index in [1.807, 2.05) is 0 Å². The fourth-order valence-corrected chi connectivity index (χ4v) is 1.48. The second kappa shape index (κ2) is 4.87. The lowest BCUT2D eigenvalue weighted by Gasteiger charge is -2.11. The average molecular weight is 202 g/mol. The van der Waals surface area contributed by atoms with E-state index in [1.54, 1.807) is 6.21 Å². The first-order valence-corrected chi connectivity index (χ1v) is 4.54. The highest BCUT2D eigenvalue weighted by Crippen LogP contribution is 2.25. The lowest BCUT2D eigenvalue weighted by molar-refractivity contribution is 0.249. The number of amides is 2. The number of halogens is 1. The molecule has 3 N–H and O–H groups in total. The first-order valence-electron chi connectivity index (χ1n) is 4.16. The van der Waals surface area contributed by atoms with E-state index < -0.39 is 6.03 Å². The molecule has 0 aliphatic heterocycles. The number of hydrazone groups is 1. The molecule has 1 aliphatic carbocycles. The summed E-state index contributed by atoms with van der Waals surface area (Å²) in [6.07, 6.45) is 5.63. The van der Waals surface area contributed by atoms with Crippen molar-refractivity contribution in [1.82, 2.24) is 5.43 Å². The van der Waals surface area contributed by atoms with Gasteiger partial charge in [0.25, 0.3) is 0 Å². The van der Waals surface area contributed by atoms with Crippen LogP contribution in [0.4, 0.5) is 4.79 Å². The molecule has 0 atom stereocenters. The normalized spacial score (nSPS) is 17.9. The van der Waals surface area contributed by atoms with Gasteiger partial charge in [0.1, 0.15) is 0 Å². The Labute approximate surface area is 81.8 Å². The molecule has 0 aromatic rings. The molecule has 2 amide bonds. The first kappa shape index (κ1) is 10.1. The van der Waals surface area contributed by atoms with Crippen molar-refractivity contribution in [2.24, 2.45) is 10.8 Å². The monoisotopic (exact) mass is 201 g/mol. The highest BCUT2D eigenvalue weighted by molar-refractivity contribution is 6.31. The molecule has 72 valence electrons. The molecule has 0 saturated carbocycles. The molecule has 0 saturated heterocycles. The van der Waals surface area contributed by atoms with Crippen LogP contribution in [0.1, 0.15) is 25.7 Å². The third kappa shape index (κ3) is 3.46. The largest absolute Gasteiger partial charge is 0.350 e. The van der Waals surface area contributed by atoms with Crippen molar-refractivity contribution in [1.29, 1.82) is 0 Å². The molecule has 1 rings (SSSR count). The number of nitrogens with zero attached hydrogens (tertiary/aromatic N) is 1. The summed E-state index contributed by atoms with van der Waals surface area (Å²) in [5.41, 5.74) is 7.95. The van der Waals surface area contributed by atoms with E-state index >= 15 is 0 Å². The van der Waals surface area contributed by atoms with E-state index in [0.29, 0.717) is 0 Å². The second-order valence-electron chi connectivity index (χ2n) is 2.87. The molecule has 0 bridgehead atoms. The van der Waals surface area contributed by atoms with Crippen LogP contribution in [-0.4, -0.2) is 12.2 Å². The molecule has 4 nitrogen and oxygen atoms in total. The van der Waals surface area contributed by atoms with Gasteiger partial charge >= 0.3 is 6.03 Å². The van der Waals surface area contributed by atoms with Crippen molar-refractivity contribution in [2.75, 3.05) is 0 Å². The van der Waals surface area contributed by atoms with E-state index in [9.17, 15) is 4.79 Å². The van der Waals surface area contributed by atoms with Gasteiger partial charge in [-0.3, -0.25) is 0 Å². The Bertz CT molecular complexity index is 260. The summed E-state index contributed by atoms with van der Waals surface area (Å²) in [6, 6.07) is -0.663. The van der Waals surface area contributed by atoms with Crippen LogP contribution in [0.15, 0.2) is 15.7 Å². The smallest absolute Gasteiger partial charge is 0.332 e. The number of primary amides is 1. The molecule has 0 heterocycles. The van der Waals surface area contributed by atoms with Crippen molar-refractivity contribution in [2.45, 2.75) is 25.7 Å². The number of allylic oxidation sites excluding steroid dienone is 2. The van der Waals surface area contributed by atoms with Crippen LogP contribution in [0.25, 0.3) is 0 Å². The maximum atomic E-state index is 10.3. The Hall–Kier alpha value is -1.03. The molecule has 0 aromatic carbocycles. The summed E-state index contributed by atoms with van der Waals surface area (Å²) >= 11 is 5.94. The van der Waals surface area contributed by atoms with Crippen molar-refractivity contribution in [3.8, 4) is 0 Å². The lowest BCUT2D eigenvalue weighted by Crippen LogP contribution is -2.24. The highest BCUT2D eigenvalue weighted by atomic mass is 35.5. The number of nitrogens with two attached hydrogens (primary N) is 1. The molecule has 1 aliphatic rings. The molecule has 0 aromatic heterocycles. The van der Waals surface area contributed by atoms with Crippen molar-refractivity contribution in [3.05, 3.63) is 10.6 Å². The van der Waals surface area contributed by atoms with Gasteiger partial charge in [0.15, 0.2) is 0 Å². The van der Waals surface area contributed by atoms with Gasteiger partial charge in [0, 0.05) is 5.03 Å². The number of urea groups is 1.